The number of aryl methyl sites for hydroxylation is 1. The normalized spacial score (nSPS) is 13.8. The molecular weight excluding hydrogens is 308 g/mol. The van der Waals surface area contributed by atoms with E-state index in [0.29, 0.717) is 24.0 Å². The van der Waals surface area contributed by atoms with Crippen molar-refractivity contribution < 1.29 is 19.2 Å². The first kappa shape index (κ1) is 19.5. The third-order valence-corrected chi connectivity index (χ3v) is 3.60. The third-order valence-electron chi connectivity index (χ3n) is 3.60. The minimum absolute atomic E-state index is 0.0757. The van der Waals surface area contributed by atoms with Crippen molar-refractivity contribution in [3.8, 4) is 0 Å². The molecule has 4 amide bonds. The number of hydrogen-bond acceptors (Lipinski definition) is 4. The first-order chi connectivity index (χ1) is 11.4. The van der Waals surface area contributed by atoms with E-state index in [1.54, 1.807) is 32.0 Å². The molecule has 0 spiro atoms. The van der Waals surface area contributed by atoms with Gasteiger partial charge in [-0.1, -0.05) is 32.4 Å². The molecule has 0 fully saturated rings. The Morgan fingerprint density at radius 2 is 1.88 bits per heavy atom. The first-order valence-corrected chi connectivity index (χ1v) is 8.09. The Labute approximate surface area is 142 Å². The number of rotatable bonds is 5. The van der Waals surface area contributed by atoms with Gasteiger partial charge in [-0.2, -0.15) is 0 Å². The summed E-state index contributed by atoms with van der Waals surface area (Å²) < 4.78 is 0. The molecule has 0 bridgehead atoms. The predicted octanol–water partition coefficient (Wildman–Crippen LogP) is 2.45. The Hall–Kier alpha value is -2.50. The molecule has 6 heteroatoms. The van der Waals surface area contributed by atoms with E-state index in [1.807, 2.05) is 5.32 Å². The molecule has 6 nitrogen and oxygen atoms in total. The molecule has 1 unspecified atom stereocenters. The monoisotopic (exact) mass is 332 g/mol. The smallest absolute Gasteiger partial charge is 0.262 e. The molecule has 2 rings (SSSR count). The fourth-order valence-corrected chi connectivity index (χ4v) is 2.48. The van der Waals surface area contributed by atoms with Gasteiger partial charge in [0.1, 0.15) is 0 Å². The quantitative estimate of drug-likeness (QED) is 0.663. The number of carbonyl (C=O) groups excluding carboxylic acids is 4. The third kappa shape index (κ3) is 4.28. The highest BCUT2D eigenvalue weighted by atomic mass is 16.2. The highest BCUT2D eigenvalue weighted by molar-refractivity contribution is 6.22. The van der Waals surface area contributed by atoms with Gasteiger partial charge >= 0.3 is 0 Å². The average molecular weight is 332 g/mol. The van der Waals surface area contributed by atoms with Crippen molar-refractivity contribution in [3.05, 3.63) is 34.9 Å². The Morgan fingerprint density at radius 3 is 2.42 bits per heavy atom. The lowest BCUT2D eigenvalue weighted by atomic mass is 10.0. The molecule has 1 N–H and O–H groups in total. The van der Waals surface area contributed by atoms with Gasteiger partial charge in [0.2, 0.25) is 12.3 Å². The fraction of sp³-hybridized carbons (Fsp3) is 0.444. The van der Waals surface area contributed by atoms with Crippen LogP contribution in [0.25, 0.3) is 0 Å². The van der Waals surface area contributed by atoms with E-state index in [0.717, 1.165) is 5.56 Å². The number of nitrogens with zero attached hydrogens (tertiary/aromatic N) is 1. The van der Waals surface area contributed by atoms with Crippen LogP contribution in [0.2, 0.25) is 0 Å². The lowest BCUT2D eigenvalue weighted by Gasteiger charge is -2.22. The van der Waals surface area contributed by atoms with Crippen LogP contribution in [0.15, 0.2) is 18.2 Å². The van der Waals surface area contributed by atoms with Crippen molar-refractivity contribution in [3.63, 3.8) is 0 Å². The van der Waals surface area contributed by atoms with Crippen molar-refractivity contribution >= 4 is 24.1 Å². The van der Waals surface area contributed by atoms with Gasteiger partial charge < -0.3 is 0 Å². The van der Waals surface area contributed by atoms with Gasteiger partial charge in [-0.05, 0) is 31.9 Å². The van der Waals surface area contributed by atoms with Crippen LogP contribution in [0.1, 0.15) is 66.3 Å². The largest absolute Gasteiger partial charge is 0.299 e. The SMILES string of the molecule is CCC.Cc1cccc2c1C(=O)N(C(C)CCC(=O)NC=O)C2=O. The van der Waals surface area contributed by atoms with Crippen molar-refractivity contribution in [2.45, 2.75) is 53.0 Å². The second kappa shape index (κ2) is 8.96. The van der Waals surface area contributed by atoms with E-state index in [2.05, 4.69) is 13.8 Å². The average Bonchev–Trinajstić information content (AvgIpc) is 2.79. The fourth-order valence-electron chi connectivity index (χ4n) is 2.48. The Balaban J connectivity index is 0.000000891. The summed E-state index contributed by atoms with van der Waals surface area (Å²) in [5.41, 5.74) is 1.61. The number of nitrogens with one attached hydrogen (secondary N) is 1. The van der Waals surface area contributed by atoms with Gasteiger partial charge in [0, 0.05) is 12.5 Å². The van der Waals surface area contributed by atoms with Gasteiger partial charge in [-0.15, -0.1) is 0 Å². The lowest BCUT2D eigenvalue weighted by molar-refractivity contribution is -0.125. The summed E-state index contributed by atoms with van der Waals surface area (Å²) in [5.74, 6) is -1.08. The van der Waals surface area contributed by atoms with Crippen LogP contribution in [-0.4, -0.2) is 35.1 Å². The molecular formula is C18H24N2O4. The number of imide groups is 2. The maximum Gasteiger partial charge on any atom is 0.262 e. The van der Waals surface area contributed by atoms with Crippen LogP contribution in [-0.2, 0) is 9.59 Å². The number of carbonyl (C=O) groups is 4. The van der Waals surface area contributed by atoms with Gasteiger partial charge in [0.15, 0.2) is 0 Å². The van der Waals surface area contributed by atoms with Crippen molar-refractivity contribution in [1.82, 2.24) is 10.2 Å². The van der Waals surface area contributed by atoms with E-state index in [9.17, 15) is 19.2 Å². The number of fused-ring (bicyclic) bond motifs is 1. The van der Waals surface area contributed by atoms with Crippen LogP contribution >= 0.6 is 0 Å². The van der Waals surface area contributed by atoms with Crippen molar-refractivity contribution in [2.75, 3.05) is 0 Å². The van der Waals surface area contributed by atoms with E-state index < -0.39 is 11.9 Å². The zero-order valence-corrected chi connectivity index (χ0v) is 14.6. The Kier molecular flexibility index (Phi) is 7.30. The number of amides is 4. The van der Waals surface area contributed by atoms with Crippen molar-refractivity contribution in [1.29, 1.82) is 0 Å². The molecule has 0 saturated heterocycles. The zero-order chi connectivity index (χ0) is 18.3. The maximum atomic E-state index is 12.4. The molecule has 130 valence electrons. The molecule has 1 heterocycles. The van der Waals surface area contributed by atoms with Crippen LogP contribution < -0.4 is 5.32 Å². The molecule has 1 aliphatic rings. The molecule has 1 aromatic rings. The van der Waals surface area contributed by atoms with Crippen molar-refractivity contribution in [2.24, 2.45) is 0 Å². The highest BCUT2D eigenvalue weighted by Crippen LogP contribution is 2.28. The summed E-state index contributed by atoms with van der Waals surface area (Å²) in [7, 11) is 0. The topological polar surface area (TPSA) is 83.6 Å². The summed E-state index contributed by atoms with van der Waals surface area (Å²) >= 11 is 0. The lowest BCUT2D eigenvalue weighted by Crippen LogP contribution is -2.38. The molecule has 0 aliphatic carbocycles. The van der Waals surface area contributed by atoms with Crippen LogP contribution in [0.3, 0.4) is 0 Å². The van der Waals surface area contributed by atoms with E-state index in [1.165, 1.54) is 11.3 Å². The second-order valence-corrected chi connectivity index (χ2v) is 5.76. The summed E-state index contributed by atoms with van der Waals surface area (Å²) in [5, 5.41) is 2.03. The van der Waals surface area contributed by atoms with Gasteiger partial charge in [0.05, 0.1) is 11.1 Å². The second-order valence-electron chi connectivity index (χ2n) is 5.76. The first-order valence-electron chi connectivity index (χ1n) is 8.09. The highest BCUT2D eigenvalue weighted by Gasteiger charge is 2.39. The molecule has 1 atom stereocenters. The number of hydrogen-bond donors (Lipinski definition) is 1. The van der Waals surface area contributed by atoms with Crippen LogP contribution in [0.4, 0.5) is 0 Å². The van der Waals surface area contributed by atoms with Gasteiger partial charge in [0.25, 0.3) is 11.8 Å². The minimum Gasteiger partial charge on any atom is -0.299 e. The summed E-state index contributed by atoms with van der Waals surface area (Å²) in [6.07, 6.45) is 1.95. The molecule has 0 saturated carbocycles. The summed E-state index contributed by atoms with van der Waals surface area (Å²) in [6, 6.07) is 4.75. The van der Waals surface area contributed by atoms with E-state index in [-0.39, 0.29) is 18.2 Å². The number of benzene rings is 1. The molecule has 0 aromatic heterocycles. The minimum atomic E-state index is -0.426. The van der Waals surface area contributed by atoms with Crippen LogP contribution in [0.5, 0.6) is 0 Å². The van der Waals surface area contributed by atoms with Gasteiger partial charge in [-0.3, -0.25) is 29.4 Å². The Bertz CT molecular complexity index is 640. The molecule has 1 aromatic carbocycles. The van der Waals surface area contributed by atoms with Gasteiger partial charge in [-0.25, -0.2) is 0 Å². The van der Waals surface area contributed by atoms with E-state index >= 15 is 0 Å². The molecule has 0 radical (unpaired) electrons. The standard InChI is InChI=1S/C15H16N2O4.C3H8/c1-9-4-3-5-11-13(9)15(21)17(14(11)20)10(2)6-7-12(19)16-8-18;1-3-2/h3-5,8,10H,6-7H2,1-2H3,(H,16,18,19);3H2,1-2H3. The molecule has 24 heavy (non-hydrogen) atoms. The zero-order valence-electron chi connectivity index (χ0n) is 14.6. The summed E-state index contributed by atoms with van der Waals surface area (Å²) in [6.45, 7) is 7.75. The predicted molar refractivity (Wildman–Crippen MR) is 90.5 cm³/mol. The summed E-state index contributed by atoms with van der Waals surface area (Å²) in [4.78, 5) is 47.3. The maximum absolute atomic E-state index is 12.4. The molecule has 1 aliphatic heterocycles. The van der Waals surface area contributed by atoms with Crippen LogP contribution in [0, 0.1) is 6.92 Å². The Morgan fingerprint density at radius 1 is 1.25 bits per heavy atom. The van der Waals surface area contributed by atoms with E-state index in [4.69, 9.17) is 0 Å².